The van der Waals surface area contributed by atoms with Gasteiger partial charge in [0.1, 0.15) is 5.69 Å². The molecule has 1 atom stereocenters. The number of aromatic nitrogens is 1. The van der Waals surface area contributed by atoms with Gasteiger partial charge in [-0.3, -0.25) is 4.79 Å². The third-order valence-electron chi connectivity index (χ3n) is 4.81. The zero-order valence-electron chi connectivity index (χ0n) is 13.1. The van der Waals surface area contributed by atoms with Crippen molar-refractivity contribution in [3.63, 3.8) is 0 Å². The number of nitrogens with zero attached hydrogens (tertiary/aromatic N) is 2. The Hall–Kier alpha value is -1.94. The second-order valence-electron chi connectivity index (χ2n) is 6.30. The molecule has 0 radical (unpaired) electrons. The molecule has 2 aliphatic rings. The number of amides is 1. The minimum Gasteiger partial charge on any atom is -0.311 e. The van der Waals surface area contributed by atoms with E-state index in [0.29, 0.717) is 11.6 Å². The predicted molar refractivity (Wildman–Crippen MR) is 93.2 cm³/mol. The van der Waals surface area contributed by atoms with Crippen LogP contribution in [-0.4, -0.2) is 21.7 Å². The Morgan fingerprint density at radius 2 is 2.00 bits per heavy atom. The highest BCUT2D eigenvalue weighted by atomic mass is 32.1. The molecule has 1 saturated heterocycles. The number of allylic oxidation sites excluding steroid dienone is 2. The third-order valence-corrected chi connectivity index (χ3v) is 5.65. The molecule has 0 saturated carbocycles. The molecule has 4 heteroatoms. The molecule has 2 aromatic rings. The van der Waals surface area contributed by atoms with Crippen LogP contribution in [0.3, 0.4) is 0 Å². The van der Waals surface area contributed by atoms with Crippen molar-refractivity contribution in [2.45, 2.75) is 32.1 Å². The number of hydrogen-bond donors (Lipinski definition) is 0. The fourth-order valence-corrected chi connectivity index (χ4v) is 4.38. The molecule has 118 valence electrons. The maximum Gasteiger partial charge on any atom is 0.277 e. The van der Waals surface area contributed by atoms with Crippen molar-refractivity contribution in [1.29, 1.82) is 0 Å². The fourth-order valence-electron chi connectivity index (χ4n) is 3.65. The number of piperidine rings is 1. The molecule has 1 amide bonds. The lowest BCUT2D eigenvalue weighted by Gasteiger charge is -2.37. The highest BCUT2D eigenvalue weighted by Crippen LogP contribution is 2.36. The first-order valence-electron chi connectivity index (χ1n) is 8.37. The van der Waals surface area contributed by atoms with E-state index in [2.05, 4.69) is 22.6 Å². The summed E-state index contributed by atoms with van der Waals surface area (Å²) in [7, 11) is 0. The van der Waals surface area contributed by atoms with E-state index < -0.39 is 0 Å². The van der Waals surface area contributed by atoms with E-state index in [9.17, 15) is 4.79 Å². The van der Waals surface area contributed by atoms with Gasteiger partial charge in [-0.15, -0.1) is 0 Å². The van der Waals surface area contributed by atoms with Gasteiger partial charge in [-0.05, 0) is 61.2 Å². The molecule has 1 aromatic carbocycles. The minimum absolute atomic E-state index is 0.0706. The summed E-state index contributed by atoms with van der Waals surface area (Å²) in [4.78, 5) is 16.0. The molecular weight excluding hydrogens is 304 g/mol. The number of hydrogen-bond acceptors (Lipinski definition) is 3. The normalized spacial score (nSPS) is 20.8. The minimum atomic E-state index is 0.0706. The monoisotopic (exact) mass is 324 g/mol. The summed E-state index contributed by atoms with van der Waals surface area (Å²) in [6.45, 7) is 0.833. The highest BCUT2D eigenvalue weighted by molar-refractivity contribution is 7.09. The van der Waals surface area contributed by atoms with Gasteiger partial charge in [0.05, 0.1) is 4.88 Å². The van der Waals surface area contributed by atoms with Crippen LogP contribution in [0.5, 0.6) is 0 Å². The summed E-state index contributed by atoms with van der Waals surface area (Å²) in [5.41, 5.74) is 2.96. The quantitative estimate of drug-likeness (QED) is 0.800. The van der Waals surface area contributed by atoms with Crippen molar-refractivity contribution in [3.8, 4) is 10.4 Å². The van der Waals surface area contributed by atoms with Crippen molar-refractivity contribution >= 4 is 17.4 Å². The van der Waals surface area contributed by atoms with Gasteiger partial charge < -0.3 is 4.90 Å². The first kappa shape index (κ1) is 14.6. The Balaban J connectivity index is 1.59. The standard InChI is InChI=1S/C19H20N2OS/c22-19(21-12-6-10-14-7-4-5-11-17(14)21)16-13-18(23-20-16)15-8-2-1-3-9-15/h1-3,8-9,11,13-14H,4-7,10,12H2. The Labute approximate surface area is 140 Å². The van der Waals surface area contributed by atoms with Crippen molar-refractivity contribution < 1.29 is 4.79 Å². The molecule has 1 unspecified atom stereocenters. The van der Waals surface area contributed by atoms with Gasteiger partial charge in [-0.25, -0.2) is 0 Å². The van der Waals surface area contributed by atoms with Gasteiger partial charge in [-0.1, -0.05) is 36.4 Å². The lowest BCUT2D eigenvalue weighted by molar-refractivity contribution is 0.0744. The van der Waals surface area contributed by atoms with Crippen LogP contribution < -0.4 is 0 Å². The zero-order chi connectivity index (χ0) is 15.6. The first-order valence-corrected chi connectivity index (χ1v) is 9.14. The van der Waals surface area contributed by atoms with Crippen molar-refractivity contribution in [2.75, 3.05) is 6.54 Å². The number of rotatable bonds is 2. The lowest BCUT2D eigenvalue weighted by Crippen LogP contribution is -2.39. The average molecular weight is 324 g/mol. The summed E-state index contributed by atoms with van der Waals surface area (Å²) >= 11 is 1.41. The molecule has 1 aromatic heterocycles. The smallest absolute Gasteiger partial charge is 0.277 e. The molecule has 2 heterocycles. The second kappa shape index (κ2) is 6.28. The Bertz CT molecular complexity index is 735. The van der Waals surface area contributed by atoms with Crippen LogP contribution in [0.4, 0.5) is 0 Å². The van der Waals surface area contributed by atoms with Crippen LogP contribution in [0.2, 0.25) is 0 Å². The number of fused-ring (bicyclic) bond motifs is 1. The zero-order valence-corrected chi connectivity index (χ0v) is 13.9. The summed E-state index contributed by atoms with van der Waals surface area (Å²) < 4.78 is 4.43. The van der Waals surface area contributed by atoms with Crippen molar-refractivity contribution in [2.24, 2.45) is 5.92 Å². The van der Waals surface area contributed by atoms with E-state index >= 15 is 0 Å². The third kappa shape index (κ3) is 2.83. The summed E-state index contributed by atoms with van der Waals surface area (Å²) in [5.74, 6) is 0.648. The fraction of sp³-hybridized carbons (Fsp3) is 0.368. The average Bonchev–Trinajstić information content (AvgIpc) is 3.11. The van der Waals surface area contributed by atoms with Gasteiger partial charge in [0.25, 0.3) is 5.91 Å². The second-order valence-corrected chi connectivity index (χ2v) is 7.10. The molecule has 0 N–H and O–H groups in total. The maximum absolute atomic E-state index is 12.9. The van der Waals surface area contributed by atoms with Crippen LogP contribution in [-0.2, 0) is 0 Å². The SMILES string of the molecule is O=C(c1cc(-c2ccccc2)sn1)N1CCCC2CCCC=C21. The number of carbonyl (C=O) groups excluding carboxylic acids is 1. The van der Waals surface area contributed by atoms with E-state index in [1.807, 2.05) is 29.2 Å². The van der Waals surface area contributed by atoms with Crippen LogP contribution in [0, 0.1) is 5.92 Å². The molecule has 1 fully saturated rings. The molecule has 0 spiro atoms. The van der Waals surface area contributed by atoms with Gasteiger partial charge in [0, 0.05) is 12.2 Å². The topological polar surface area (TPSA) is 33.2 Å². The van der Waals surface area contributed by atoms with E-state index in [-0.39, 0.29) is 5.91 Å². The van der Waals surface area contributed by atoms with Crippen molar-refractivity contribution in [3.05, 3.63) is 53.9 Å². The number of carbonyl (C=O) groups is 1. The first-order chi connectivity index (χ1) is 11.3. The number of benzene rings is 1. The molecule has 4 rings (SSSR count). The Morgan fingerprint density at radius 1 is 1.17 bits per heavy atom. The van der Waals surface area contributed by atoms with Crippen LogP contribution in [0.1, 0.15) is 42.6 Å². The molecular formula is C19H20N2OS. The highest BCUT2D eigenvalue weighted by Gasteiger charge is 2.31. The van der Waals surface area contributed by atoms with E-state index in [0.717, 1.165) is 29.8 Å². The number of likely N-dealkylation sites (tertiary alicyclic amines) is 1. The summed E-state index contributed by atoms with van der Waals surface area (Å²) in [6.07, 6.45) is 8.18. The van der Waals surface area contributed by atoms with Crippen molar-refractivity contribution in [1.82, 2.24) is 9.27 Å². The maximum atomic E-state index is 12.9. The van der Waals surface area contributed by atoms with Crippen LogP contribution in [0.25, 0.3) is 10.4 Å². The molecule has 1 aliphatic heterocycles. The Morgan fingerprint density at radius 3 is 2.87 bits per heavy atom. The van der Waals surface area contributed by atoms with E-state index in [4.69, 9.17) is 0 Å². The van der Waals surface area contributed by atoms with Gasteiger partial charge >= 0.3 is 0 Å². The van der Waals surface area contributed by atoms with Crippen LogP contribution in [0.15, 0.2) is 48.2 Å². The summed E-state index contributed by atoms with van der Waals surface area (Å²) in [5, 5.41) is 0. The predicted octanol–water partition coefficient (Wildman–Crippen LogP) is 4.73. The Kier molecular flexibility index (Phi) is 4.00. The largest absolute Gasteiger partial charge is 0.311 e. The van der Waals surface area contributed by atoms with Gasteiger partial charge in [0.2, 0.25) is 0 Å². The lowest BCUT2D eigenvalue weighted by atomic mass is 9.85. The molecule has 23 heavy (non-hydrogen) atoms. The van der Waals surface area contributed by atoms with E-state index in [1.165, 1.54) is 36.5 Å². The molecule has 1 aliphatic carbocycles. The van der Waals surface area contributed by atoms with Gasteiger partial charge in [-0.2, -0.15) is 4.37 Å². The summed E-state index contributed by atoms with van der Waals surface area (Å²) in [6, 6.07) is 12.1. The van der Waals surface area contributed by atoms with Crippen LogP contribution >= 0.6 is 11.5 Å². The van der Waals surface area contributed by atoms with Gasteiger partial charge in [0.15, 0.2) is 0 Å². The molecule has 3 nitrogen and oxygen atoms in total. The molecule has 0 bridgehead atoms. The van der Waals surface area contributed by atoms with E-state index in [1.54, 1.807) is 0 Å².